The summed E-state index contributed by atoms with van der Waals surface area (Å²) in [5.41, 5.74) is 0.986. The molecule has 0 bridgehead atoms. The lowest BCUT2D eigenvalue weighted by molar-refractivity contribution is -0.132. The summed E-state index contributed by atoms with van der Waals surface area (Å²) < 4.78 is 5.71. The summed E-state index contributed by atoms with van der Waals surface area (Å²) in [4.78, 5) is 27.6. The predicted molar refractivity (Wildman–Crippen MR) is 98.1 cm³/mol. The summed E-state index contributed by atoms with van der Waals surface area (Å²) in [5.74, 6) is 0.916. The fraction of sp³-hybridized carbons (Fsp3) is 0.556. The van der Waals surface area contributed by atoms with Crippen LogP contribution in [0.3, 0.4) is 0 Å². The van der Waals surface area contributed by atoms with Crippen molar-refractivity contribution in [3.05, 3.63) is 28.8 Å². The van der Waals surface area contributed by atoms with E-state index < -0.39 is 0 Å². The van der Waals surface area contributed by atoms with Crippen molar-refractivity contribution >= 4 is 23.5 Å². The number of nitrogens with zero attached hydrogens (tertiary/aromatic N) is 2. The number of hydrogen-bond donors (Lipinski definition) is 1. The molecule has 25 heavy (non-hydrogen) atoms. The number of amides is 3. The highest BCUT2D eigenvalue weighted by molar-refractivity contribution is 6.30. The minimum absolute atomic E-state index is 0.0543. The van der Waals surface area contributed by atoms with Crippen molar-refractivity contribution in [1.29, 1.82) is 0 Å². The van der Waals surface area contributed by atoms with E-state index in [1.54, 1.807) is 11.0 Å². The van der Waals surface area contributed by atoms with E-state index in [2.05, 4.69) is 5.32 Å². The van der Waals surface area contributed by atoms with Gasteiger partial charge in [0, 0.05) is 44.2 Å². The summed E-state index contributed by atoms with van der Waals surface area (Å²) in [5, 5.41) is 3.47. The first-order valence-electron chi connectivity index (χ1n) is 8.70. The number of nitrogens with one attached hydrogen (secondary N) is 1. The number of carbonyl (C=O) groups is 2. The van der Waals surface area contributed by atoms with Gasteiger partial charge in [0.15, 0.2) is 0 Å². The normalized spacial score (nSPS) is 14.4. The molecule has 0 spiro atoms. The number of benzene rings is 1. The van der Waals surface area contributed by atoms with Crippen molar-refractivity contribution in [2.75, 3.05) is 39.3 Å². The van der Waals surface area contributed by atoms with Crippen LogP contribution >= 0.6 is 11.6 Å². The molecule has 3 amide bonds. The van der Waals surface area contributed by atoms with Gasteiger partial charge in [0.1, 0.15) is 5.75 Å². The molecule has 7 heteroatoms. The summed E-state index contributed by atoms with van der Waals surface area (Å²) in [6, 6.07) is 5.45. The van der Waals surface area contributed by atoms with E-state index in [-0.39, 0.29) is 11.9 Å². The third kappa shape index (κ3) is 5.81. The van der Waals surface area contributed by atoms with Crippen LogP contribution in [0, 0.1) is 6.92 Å². The first kappa shape index (κ1) is 19.4. The molecule has 1 aliphatic heterocycles. The standard InChI is InChI=1S/C18H26ClN3O3/c1-3-20-18(24)22-10-8-21(9-11-22)17(23)5-4-12-25-16-7-6-15(19)13-14(16)2/h6-7,13H,3-5,8-12H2,1-2H3,(H,20,24). The third-order valence-electron chi connectivity index (χ3n) is 4.18. The number of aryl methyl sites for hydroxylation is 1. The van der Waals surface area contributed by atoms with Gasteiger partial charge in [-0.1, -0.05) is 11.6 Å². The first-order valence-corrected chi connectivity index (χ1v) is 9.08. The second kappa shape index (κ2) is 9.51. The number of halogens is 1. The van der Waals surface area contributed by atoms with Gasteiger partial charge in [-0.2, -0.15) is 0 Å². The molecule has 1 heterocycles. The van der Waals surface area contributed by atoms with Crippen molar-refractivity contribution in [3.8, 4) is 5.75 Å². The molecule has 1 N–H and O–H groups in total. The van der Waals surface area contributed by atoms with Gasteiger partial charge in [-0.3, -0.25) is 4.79 Å². The van der Waals surface area contributed by atoms with E-state index in [1.165, 1.54) is 0 Å². The summed E-state index contributed by atoms with van der Waals surface area (Å²) >= 11 is 5.92. The number of hydrogen-bond acceptors (Lipinski definition) is 3. The molecule has 0 unspecified atom stereocenters. The van der Waals surface area contributed by atoms with Crippen LogP contribution < -0.4 is 10.1 Å². The molecule has 1 aromatic rings. The van der Waals surface area contributed by atoms with Gasteiger partial charge in [0.25, 0.3) is 0 Å². The molecule has 138 valence electrons. The van der Waals surface area contributed by atoms with Crippen LogP contribution in [0.25, 0.3) is 0 Å². The largest absolute Gasteiger partial charge is 0.493 e. The van der Waals surface area contributed by atoms with Crippen LogP contribution in [0.4, 0.5) is 4.79 Å². The maximum absolute atomic E-state index is 12.3. The Kier molecular flexibility index (Phi) is 7.37. The Morgan fingerprint density at radius 3 is 2.52 bits per heavy atom. The van der Waals surface area contributed by atoms with Crippen molar-refractivity contribution in [1.82, 2.24) is 15.1 Å². The van der Waals surface area contributed by atoms with Crippen LogP contribution in [0.2, 0.25) is 5.02 Å². The lowest BCUT2D eigenvalue weighted by Crippen LogP contribution is -2.53. The Labute approximate surface area is 154 Å². The lowest BCUT2D eigenvalue weighted by Gasteiger charge is -2.34. The van der Waals surface area contributed by atoms with Crippen LogP contribution in [-0.4, -0.2) is 61.1 Å². The molecular formula is C18H26ClN3O3. The minimum Gasteiger partial charge on any atom is -0.493 e. The van der Waals surface area contributed by atoms with E-state index in [0.717, 1.165) is 11.3 Å². The molecular weight excluding hydrogens is 342 g/mol. The lowest BCUT2D eigenvalue weighted by atomic mass is 10.2. The van der Waals surface area contributed by atoms with E-state index in [1.807, 2.05) is 30.9 Å². The molecule has 2 rings (SSSR count). The van der Waals surface area contributed by atoms with Crippen molar-refractivity contribution < 1.29 is 14.3 Å². The third-order valence-corrected chi connectivity index (χ3v) is 4.41. The Bertz CT molecular complexity index is 601. The molecule has 6 nitrogen and oxygen atoms in total. The van der Waals surface area contributed by atoms with Crippen LogP contribution in [0.1, 0.15) is 25.3 Å². The maximum Gasteiger partial charge on any atom is 0.317 e. The van der Waals surface area contributed by atoms with Gasteiger partial charge >= 0.3 is 6.03 Å². The van der Waals surface area contributed by atoms with Gasteiger partial charge in [-0.15, -0.1) is 0 Å². The van der Waals surface area contributed by atoms with Crippen LogP contribution in [0.5, 0.6) is 5.75 Å². The topological polar surface area (TPSA) is 61.9 Å². The molecule has 0 aliphatic carbocycles. The van der Waals surface area contributed by atoms with Crippen LogP contribution in [-0.2, 0) is 4.79 Å². The van der Waals surface area contributed by atoms with Gasteiger partial charge in [-0.05, 0) is 44.0 Å². The van der Waals surface area contributed by atoms with Gasteiger partial charge in [0.05, 0.1) is 6.61 Å². The fourth-order valence-corrected chi connectivity index (χ4v) is 2.99. The molecule has 1 saturated heterocycles. The molecule has 0 atom stereocenters. The Hall–Kier alpha value is -1.95. The summed E-state index contributed by atoms with van der Waals surface area (Å²) in [7, 11) is 0. The smallest absolute Gasteiger partial charge is 0.317 e. The predicted octanol–water partition coefficient (Wildman–Crippen LogP) is 2.68. The monoisotopic (exact) mass is 367 g/mol. The highest BCUT2D eigenvalue weighted by Gasteiger charge is 2.23. The molecule has 0 radical (unpaired) electrons. The van der Waals surface area contributed by atoms with E-state index >= 15 is 0 Å². The highest BCUT2D eigenvalue weighted by Crippen LogP contribution is 2.22. The van der Waals surface area contributed by atoms with E-state index in [9.17, 15) is 9.59 Å². The van der Waals surface area contributed by atoms with Gasteiger partial charge in [0.2, 0.25) is 5.91 Å². The molecule has 1 aromatic carbocycles. The fourth-order valence-electron chi connectivity index (χ4n) is 2.76. The first-order chi connectivity index (χ1) is 12.0. The van der Waals surface area contributed by atoms with Gasteiger partial charge < -0.3 is 19.9 Å². The average molecular weight is 368 g/mol. The molecule has 0 saturated carbocycles. The summed E-state index contributed by atoms with van der Waals surface area (Å²) in [6.45, 7) is 7.29. The van der Waals surface area contributed by atoms with Crippen molar-refractivity contribution in [3.63, 3.8) is 0 Å². The average Bonchev–Trinajstić information content (AvgIpc) is 2.60. The zero-order valence-electron chi connectivity index (χ0n) is 14.9. The second-order valence-corrected chi connectivity index (χ2v) is 6.50. The maximum atomic E-state index is 12.3. The number of carbonyl (C=O) groups excluding carboxylic acids is 2. The number of ether oxygens (including phenoxy) is 1. The Morgan fingerprint density at radius 2 is 1.88 bits per heavy atom. The number of urea groups is 1. The number of rotatable bonds is 6. The molecule has 1 aliphatic rings. The van der Waals surface area contributed by atoms with E-state index in [4.69, 9.17) is 16.3 Å². The summed E-state index contributed by atoms with van der Waals surface area (Å²) in [6.07, 6.45) is 1.12. The zero-order valence-corrected chi connectivity index (χ0v) is 15.6. The minimum atomic E-state index is -0.0543. The van der Waals surface area contributed by atoms with Crippen molar-refractivity contribution in [2.24, 2.45) is 0 Å². The van der Waals surface area contributed by atoms with Crippen molar-refractivity contribution in [2.45, 2.75) is 26.7 Å². The second-order valence-electron chi connectivity index (χ2n) is 6.07. The molecule has 1 fully saturated rings. The molecule has 0 aromatic heterocycles. The number of piperazine rings is 1. The SMILES string of the molecule is CCNC(=O)N1CCN(C(=O)CCCOc2ccc(Cl)cc2C)CC1. The van der Waals surface area contributed by atoms with Crippen LogP contribution in [0.15, 0.2) is 18.2 Å². The zero-order chi connectivity index (χ0) is 18.2. The van der Waals surface area contributed by atoms with E-state index in [0.29, 0.717) is 57.2 Å². The Morgan fingerprint density at radius 1 is 1.20 bits per heavy atom. The quantitative estimate of drug-likeness (QED) is 0.786. The Balaban J connectivity index is 1.67. The highest BCUT2D eigenvalue weighted by atomic mass is 35.5. The van der Waals surface area contributed by atoms with Gasteiger partial charge in [-0.25, -0.2) is 4.79 Å².